The van der Waals surface area contributed by atoms with Crippen molar-refractivity contribution in [2.75, 3.05) is 13.7 Å². The minimum absolute atomic E-state index is 0.153. The van der Waals surface area contributed by atoms with Crippen LogP contribution in [0, 0.1) is 17.5 Å². The third-order valence-corrected chi connectivity index (χ3v) is 7.00. The van der Waals surface area contributed by atoms with Crippen molar-refractivity contribution in [3.05, 3.63) is 130 Å². The topological polar surface area (TPSA) is 60.7 Å². The Hall–Kier alpha value is -4.56. The average molecular weight is 560 g/mol. The summed E-state index contributed by atoms with van der Waals surface area (Å²) < 4.78 is 57.1. The Bertz CT molecular complexity index is 1700. The summed E-state index contributed by atoms with van der Waals surface area (Å²) in [4.78, 5) is 11.4. The van der Waals surface area contributed by atoms with Gasteiger partial charge in [-0.25, -0.2) is 18.0 Å². The first-order valence-corrected chi connectivity index (χ1v) is 13.1. The van der Waals surface area contributed by atoms with E-state index in [1.807, 2.05) is 37.3 Å². The lowest BCUT2D eigenvalue weighted by atomic mass is 9.95. The fourth-order valence-electron chi connectivity index (χ4n) is 5.19. The molecule has 1 aromatic heterocycles. The molecule has 0 aliphatic heterocycles. The molecule has 1 atom stereocenters. The van der Waals surface area contributed by atoms with Crippen LogP contribution in [0.25, 0.3) is 16.6 Å². The fraction of sp³-hybridized carbons (Fsp3) is 0.182. The number of halogens is 3. The molecular weight excluding hydrogens is 531 g/mol. The van der Waals surface area contributed by atoms with Gasteiger partial charge in [-0.05, 0) is 53.4 Å². The number of fused-ring (bicyclic) bond motifs is 1. The zero-order chi connectivity index (χ0) is 29.1. The Morgan fingerprint density at radius 3 is 2.29 bits per heavy atom. The number of carbonyl (C=O) groups is 1. The molecule has 0 amide bonds. The van der Waals surface area contributed by atoms with E-state index in [0.717, 1.165) is 28.8 Å². The summed E-state index contributed by atoms with van der Waals surface area (Å²) >= 11 is 0. The van der Waals surface area contributed by atoms with Crippen LogP contribution in [0.5, 0.6) is 5.75 Å². The van der Waals surface area contributed by atoms with E-state index in [1.54, 1.807) is 23.8 Å². The van der Waals surface area contributed by atoms with Gasteiger partial charge in [0.25, 0.3) is 0 Å². The molecule has 5 aromatic rings. The zero-order valence-electron chi connectivity index (χ0n) is 22.5. The molecule has 1 N–H and O–H groups in total. The summed E-state index contributed by atoms with van der Waals surface area (Å²) in [5.74, 6) is -3.56. The number of nitrogens with zero attached hydrogens (tertiary/aromatic N) is 1. The molecule has 41 heavy (non-hydrogen) atoms. The van der Waals surface area contributed by atoms with Crippen LogP contribution in [0.15, 0.2) is 84.9 Å². The third-order valence-electron chi connectivity index (χ3n) is 7.00. The number of rotatable bonds is 10. The number of ether oxygens (including phenoxy) is 2. The number of carboxylic acid groups (broad SMARTS) is 1. The molecule has 0 saturated heterocycles. The first-order valence-electron chi connectivity index (χ1n) is 13.1. The maximum atomic E-state index is 15.2. The summed E-state index contributed by atoms with van der Waals surface area (Å²) in [7, 11) is 1.57. The summed E-state index contributed by atoms with van der Waals surface area (Å²) in [5.41, 5.74) is 4.09. The van der Waals surface area contributed by atoms with E-state index in [1.165, 1.54) is 30.3 Å². The summed E-state index contributed by atoms with van der Waals surface area (Å²) in [6, 6.07) is 22.2. The predicted octanol–water partition coefficient (Wildman–Crippen LogP) is 7.67. The van der Waals surface area contributed by atoms with E-state index in [4.69, 9.17) is 9.47 Å². The van der Waals surface area contributed by atoms with Crippen LogP contribution < -0.4 is 4.74 Å². The highest BCUT2D eigenvalue weighted by Gasteiger charge is 2.27. The molecule has 0 aliphatic carbocycles. The van der Waals surface area contributed by atoms with Gasteiger partial charge in [0, 0.05) is 41.9 Å². The highest BCUT2D eigenvalue weighted by molar-refractivity contribution is 5.93. The number of carboxylic acids is 1. The molecule has 0 saturated carbocycles. The van der Waals surface area contributed by atoms with Gasteiger partial charge >= 0.3 is 5.97 Å². The second-order valence-corrected chi connectivity index (χ2v) is 9.91. The molecule has 5 rings (SSSR count). The van der Waals surface area contributed by atoms with Crippen molar-refractivity contribution in [1.82, 2.24) is 4.57 Å². The molecule has 4 aromatic carbocycles. The lowest BCUT2D eigenvalue weighted by molar-refractivity contribution is 0.0697. The van der Waals surface area contributed by atoms with Crippen LogP contribution in [0.4, 0.5) is 13.2 Å². The molecular formula is C33H28F3NO4. The molecule has 0 aliphatic rings. The van der Waals surface area contributed by atoms with Crippen molar-refractivity contribution < 1.29 is 32.5 Å². The molecule has 0 spiro atoms. The van der Waals surface area contributed by atoms with Gasteiger partial charge in [0.05, 0.1) is 17.7 Å². The monoisotopic (exact) mass is 559 g/mol. The highest BCUT2D eigenvalue weighted by atomic mass is 19.2. The first kappa shape index (κ1) is 28.0. The average Bonchev–Trinajstić information content (AvgIpc) is 3.27. The van der Waals surface area contributed by atoms with E-state index in [0.29, 0.717) is 41.1 Å². The van der Waals surface area contributed by atoms with E-state index in [2.05, 4.69) is 0 Å². The summed E-state index contributed by atoms with van der Waals surface area (Å²) in [5, 5.41) is 9.96. The minimum atomic E-state index is -1.03. The van der Waals surface area contributed by atoms with Crippen molar-refractivity contribution in [2.24, 2.45) is 0 Å². The van der Waals surface area contributed by atoms with Crippen molar-refractivity contribution in [3.63, 3.8) is 0 Å². The summed E-state index contributed by atoms with van der Waals surface area (Å²) in [6.45, 7) is 2.42. The Morgan fingerprint density at radius 2 is 1.63 bits per heavy atom. The number of aromatic nitrogens is 1. The highest BCUT2D eigenvalue weighted by Crippen LogP contribution is 2.41. The normalized spacial score (nSPS) is 12.0. The van der Waals surface area contributed by atoms with Crippen LogP contribution >= 0.6 is 0 Å². The Morgan fingerprint density at radius 1 is 0.902 bits per heavy atom. The smallest absolute Gasteiger partial charge is 0.335 e. The number of benzene rings is 4. The van der Waals surface area contributed by atoms with Gasteiger partial charge in [-0.3, -0.25) is 0 Å². The Kier molecular flexibility index (Phi) is 8.12. The predicted molar refractivity (Wildman–Crippen MR) is 150 cm³/mol. The first-order chi connectivity index (χ1) is 19.8. The van der Waals surface area contributed by atoms with Gasteiger partial charge in [0.1, 0.15) is 18.2 Å². The molecule has 0 radical (unpaired) electrons. The third kappa shape index (κ3) is 5.83. The number of aromatic carboxylic acids is 1. The van der Waals surface area contributed by atoms with Crippen LogP contribution in [0.1, 0.15) is 45.6 Å². The lowest BCUT2D eigenvalue weighted by Crippen LogP contribution is -2.11. The standard InChI is InChI=1S/C33H28F3NO4/c1-20(18-40-2)32-26(14-21-8-10-23(11-9-21)33(38)39)31-29(37(32)25-12-13-27(35)28(36)17-25)15-24(34)16-30(31)41-19-22-6-4-3-5-7-22/h3-13,15-17,20H,14,18-19H2,1-2H3,(H,38,39). The number of hydrogen-bond acceptors (Lipinski definition) is 3. The van der Waals surface area contributed by atoms with Crippen LogP contribution in [-0.2, 0) is 17.8 Å². The lowest BCUT2D eigenvalue weighted by Gasteiger charge is -2.18. The van der Waals surface area contributed by atoms with E-state index in [-0.39, 0.29) is 18.1 Å². The van der Waals surface area contributed by atoms with Crippen molar-refractivity contribution in [1.29, 1.82) is 0 Å². The minimum Gasteiger partial charge on any atom is -0.488 e. The van der Waals surface area contributed by atoms with Gasteiger partial charge in [-0.15, -0.1) is 0 Å². The summed E-state index contributed by atoms with van der Waals surface area (Å²) in [6.07, 6.45) is 0.337. The van der Waals surface area contributed by atoms with E-state index >= 15 is 4.39 Å². The van der Waals surface area contributed by atoms with Gasteiger partial charge in [0.2, 0.25) is 0 Å². The largest absolute Gasteiger partial charge is 0.488 e. The molecule has 0 fully saturated rings. The van der Waals surface area contributed by atoms with Gasteiger partial charge in [0.15, 0.2) is 11.6 Å². The molecule has 1 heterocycles. The van der Waals surface area contributed by atoms with Crippen LogP contribution in [0.2, 0.25) is 0 Å². The Labute approximate surface area is 235 Å². The second kappa shape index (κ2) is 11.9. The van der Waals surface area contributed by atoms with Gasteiger partial charge < -0.3 is 19.1 Å². The number of hydrogen-bond donors (Lipinski definition) is 1. The fourth-order valence-corrected chi connectivity index (χ4v) is 5.19. The molecule has 210 valence electrons. The van der Waals surface area contributed by atoms with E-state index < -0.39 is 23.4 Å². The van der Waals surface area contributed by atoms with Crippen molar-refractivity contribution in [3.8, 4) is 11.4 Å². The van der Waals surface area contributed by atoms with Crippen LogP contribution in [0.3, 0.4) is 0 Å². The molecule has 5 nitrogen and oxygen atoms in total. The van der Waals surface area contributed by atoms with E-state index in [9.17, 15) is 18.7 Å². The second-order valence-electron chi connectivity index (χ2n) is 9.91. The van der Waals surface area contributed by atoms with Crippen molar-refractivity contribution >= 4 is 16.9 Å². The zero-order valence-corrected chi connectivity index (χ0v) is 22.5. The molecule has 1 unspecified atom stereocenters. The quantitative estimate of drug-likeness (QED) is 0.191. The Balaban J connectivity index is 1.77. The SMILES string of the molecule is COCC(C)c1c(Cc2ccc(C(=O)O)cc2)c2c(OCc3ccccc3)cc(F)cc2n1-c1ccc(F)c(F)c1. The molecule has 0 bridgehead atoms. The molecule has 8 heteroatoms. The van der Waals surface area contributed by atoms with Crippen LogP contribution in [-0.4, -0.2) is 29.4 Å². The van der Waals surface area contributed by atoms with Gasteiger partial charge in [-0.2, -0.15) is 0 Å². The maximum Gasteiger partial charge on any atom is 0.335 e. The maximum absolute atomic E-state index is 15.2. The number of methoxy groups -OCH3 is 1. The van der Waals surface area contributed by atoms with Gasteiger partial charge in [-0.1, -0.05) is 49.4 Å². The van der Waals surface area contributed by atoms with Crippen molar-refractivity contribution in [2.45, 2.75) is 25.9 Å².